The van der Waals surface area contributed by atoms with Crippen LogP contribution in [0.4, 0.5) is 25.8 Å². The Labute approximate surface area is 190 Å². The molecule has 3 heterocycles. The SMILES string of the molecule is C[C@@H]1CCN(c2ccncc2Nc2cccc3cnc(-c4c(F)cccc4F)nc23)C[C@H]1N. The minimum Gasteiger partial charge on any atom is -0.368 e. The van der Waals surface area contributed by atoms with Crippen molar-refractivity contribution < 1.29 is 8.78 Å². The van der Waals surface area contributed by atoms with Crippen molar-refractivity contribution in [2.45, 2.75) is 19.4 Å². The van der Waals surface area contributed by atoms with E-state index in [2.05, 4.69) is 32.1 Å². The Hall–Kier alpha value is -3.65. The summed E-state index contributed by atoms with van der Waals surface area (Å²) in [6.07, 6.45) is 6.11. The molecule has 5 rings (SSSR count). The molecule has 1 saturated heterocycles. The third kappa shape index (κ3) is 4.09. The lowest BCUT2D eigenvalue weighted by molar-refractivity contribution is 0.379. The van der Waals surface area contributed by atoms with Gasteiger partial charge in [-0.25, -0.2) is 18.7 Å². The fraction of sp³-hybridized carbons (Fsp3) is 0.240. The molecule has 2 aromatic carbocycles. The Balaban J connectivity index is 1.54. The van der Waals surface area contributed by atoms with Gasteiger partial charge in [0, 0.05) is 36.9 Å². The third-order valence-electron chi connectivity index (χ3n) is 6.22. The number of anilines is 3. The summed E-state index contributed by atoms with van der Waals surface area (Å²) in [4.78, 5) is 15.3. The summed E-state index contributed by atoms with van der Waals surface area (Å²) in [6.45, 7) is 3.84. The van der Waals surface area contributed by atoms with Crippen LogP contribution in [0.1, 0.15) is 13.3 Å². The van der Waals surface area contributed by atoms with Crippen molar-refractivity contribution in [3.05, 3.63) is 72.7 Å². The largest absolute Gasteiger partial charge is 0.368 e. The van der Waals surface area contributed by atoms with Crippen LogP contribution < -0.4 is 16.0 Å². The lowest BCUT2D eigenvalue weighted by Crippen LogP contribution is -2.47. The number of nitrogens with zero attached hydrogens (tertiary/aromatic N) is 4. The minimum absolute atomic E-state index is 0.00486. The van der Waals surface area contributed by atoms with Crippen LogP contribution in [0.15, 0.2) is 61.1 Å². The second-order valence-corrected chi connectivity index (χ2v) is 8.43. The number of pyridine rings is 1. The Morgan fingerprint density at radius 2 is 1.82 bits per heavy atom. The van der Waals surface area contributed by atoms with E-state index < -0.39 is 11.6 Å². The maximum atomic E-state index is 14.3. The molecule has 2 aromatic heterocycles. The van der Waals surface area contributed by atoms with Gasteiger partial charge in [-0.2, -0.15) is 0 Å². The smallest absolute Gasteiger partial charge is 0.165 e. The van der Waals surface area contributed by atoms with Gasteiger partial charge >= 0.3 is 0 Å². The molecule has 8 heteroatoms. The number of aromatic nitrogens is 3. The first kappa shape index (κ1) is 21.2. The quantitative estimate of drug-likeness (QED) is 0.465. The van der Waals surface area contributed by atoms with Crippen LogP contribution >= 0.6 is 0 Å². The summed E-state index contributed by atoms with van der Waals surface area (Å²) in [5.74, 6) is -0.934. The lowest BCUT2D eigenvalue weighted by atomic mass is 9.94. The summed E-state index contributed by atoms with van der Waals surface area (Å²) in [5, 5.41) is 4.17. The van der Waals surface area contributed by atoms with E-state index in [4.69, 9.17) is 5.73 Å². The fourth-order valence-corrected chi connectivity index (χ4v) is 4.21. The first-order valence-electron chi connectivity index (χ1n) is 10.9. The van der Waals surface area contributed by atoms with Crippen molar-refractivity contribution >= 4 is 28.0 Å². The van der Waals surface area contributed by atoms with E-state index in [1.54, 1.807) is 18.6 Å². The van der Waals surface area contributed by atoms with Gasteiger partial charge in [0.25, 0.3) is 0 Å². The van der Waals surface area contributed by atoms with Crippen molar-refractivity contribution in [3.63, 3.8) is 0 Å². The second kappa shape index (κ2) is 8.71. The molecule has 0 spiro atoms. The lowest BCUT2D eigenvalue weighted by Gasteiger charge is -2.37. The van der Waals surface area contributed by atoms with E-state index in [1.165, 1.54) is 18.2 Å². The highest BCUT2D eigenvalue weighted by Gasteiger charge is 2.25. The number of hydrogen-bond acceptors (Lipinski definition) is 6. The van der Waals surface area contributed by atoms with E-state index in [0.717, 1.165) is 36.3 Å². The number of halogens is 2. The normalized spacial score (nSPS) is 18.5. The first-order valence-corrected chi connectivity index (χ1v) is 10.9. The van der Waals surface area contributed by atoms with E-state index in [-0.39, 0.29) is 17.4 Å². The van der Waals surface area contributed by atoms with Crippen LogP contribution in [-0.4, -0.2) is 34.1 Å². The van der Waals surface area contributed by atoms with Crippen molar-refractivity contribution in [2.24, 2.45) is 11.7 Å². The average molecular weight is 447 g/mol. The molecule has 2 atom stereocenters. The van der Waals surface area contributed by atoms with Gasteiger partial charge < -0.3 is 16.0 Å². The Bertz CT molecular complexity index is 1290. The molecular weight excluding hydrogens is 422 g/mol. The van der Waals surface area contributed by atoms with Crippen LogP contribution in [0.25, 0.3) is 22.3 Å². The van der Waals surface area contributed by atoms with Crippen LogP contribution in [0, 0.1) is 17.6 Å². The van der Waals surface area contributed by atoms with Gasteiger partial charge in [0.2, 0.25) is 0 Å². The van der Waals surface area contributed by atoms with Gasteiger partial charge in [-0.3, -0.25) is 4.98 Å². The molecule has 1 fully saturated rings. The molecule has 0 amide bonds. The number of hydrogen-bond donors (Lipinski definition) is 2. The number of benzene rings is 2. The van der Waals surface area contributed by atoms with E-state index in [1.807, 2.05) is 24.3 Å². The zero-order chi connectivity index (χ0) is 22.9. The van der Waals surface area contributed by atoms with Crippen molar-refractivity contribution in [1.82, 2.24) is 15.0 Å². The molecule has 4 aromatic rings. The Kier molecular flexibility index (Phi) is 5.60. The highest BCUT2D eigenvalue weighted by Crippen LogP contribution is 2.33. The summed E-state index contributed by atoms with van der Waals surface area (Å²) in [7, 11) is 0. The number of fused-ring (bicyclic) bond motifs is 1. The molecule has 0 aliphatic carbocycles. The minimum atomic E-state index is -0.704. The van der Waals surface area contributed by atoms with Gasteiger partial charge in [-0.15, -0.1) is 0 Å². The number of para-hydroxylation sites is 1. The van der Waals surface area contributed by atoms with E-state index in [9.17, 15) is 8.78 Å². The Morgan fingerprint density at radius 1 is 1.03 bits per heavy atom. The number of rotatable bonds is 4. The third-order valence-corrected chi connectivity index (χ3v) is 6.22. The topological polar surface area (TPSA) is 80.0 Å². The summed E-state index contributed by atoms with van der Waals surface area (Å²) in [5.41, 5.74) is 9.14. The summed E-state index contributed by atoms with van der Waals surface area (Å²) >= 11 is 0. The van der Waals surface area contributed by atoms with Crippen LogP contribution in [-0.2, 0) is 0 Å². The first-order chi connectivity index (χ1) is 16.0. The predicted molar refractivity (Wildman–Crippen MR) is 126 cm³/mol. The maximum Gasteiger partial charge on any atom is 0.165 e. The molecule has 168 valence electrons. The highest BCUT2D eigenvalue weighted by atomic mass is 19.1. The van der Waals surface area contributed by atoms with Crippen LogP contribution in [0.5, 0.6) is 0 Å². The summed E-state index contributed by atoms with van der Waals surface area (Å²) < 4.78 is 28.7. The standard InChI is InChI=1S/C25H24F2N6/c1-15-9-11-33(14-19(15)28)22-8-10-29-13-21(22)31-20-7-2-4-16-12-30-25(32-24(16)20)23-17(26)5-3-6-18(23)27/h2-8,10,12-13,15,19,31H,9,11,14,28H2,1H3/t15-,19-/m1/s1. The van der Waals surface area contributed by atoms with Crippen molar-refractivity contribution in [2.75, 3.05) is 23.3 Å². The van der Waals surface area contributed by atoms with Crippen molar-refractivity contribution in [1.29, 1.82) is 0 Å². The molecule has 0 saturated carbocycles. The van der Waals surface area contributed by atoms with Gasteiger partial charge in [-0.05, 0) is 36.6 Å². The number of nitrogens with one attached hydrogen (secondary N) is 1. The zero-order valence-corrected chi connectivity index (χ0v) is 18.2. The molecule has 3 N–H and O–H groups in total. The molecule has 0 bridgehead atoms. The molecule has 1 aliphatic heterocycles. The second-order valence-electron chi connectivity index (χ2n) is 8.43. The fourth-order valence-electron chi connectivity index (χ4n) is 4.21. The van der Waals surface area contributed by atoms with Crippen LogP contribution in [0.2, 0.25) is 0 Å². The van der Waals surface area contributed by atoms with Gasteiger partial charge in [-0.1, -0.05) is 25.1 Å². The number of nitrogens with two attached hydrogens (primary N) is 1. The van der Waals surface area contributed by atoms with Gasteiger partial charge in [0.1, 0.15) is 11.6 Å². The van der Waals surface area contributed by atoms with Gasteiger partial charge in [0.15, 0.2) is 5.82 Å². The maximum absolute atomic E-state index is 14.3. The monoisotopic (exact) mass is 446 g/mol. The molecule has 1 aliphatic rings. The van der Waals surface area contributed by atoms with E-state index in [0.29, 0.717) is 17.1 Å². The summed E-state index contributed by atoms with van der Waals surface area (Å²) in [6, 6.07) is 11.4. The molecule has 0 unspecified atom stereocenters. The molecular formula is C25H24F2N6. The van der Waals surface area contributed by atoms with Crippen molar-refractivity contribution in [3.8, 4) is 11.4 Å². The Morgan fingerprint density at radius 3 is 2.61 bits per heavy atom. The predicted octanol–water partition coefficient (Wildman–Crippen LogP) is 4.89. The molecule has 33 heavy (non-hydrogen) atoms. The molecule has 0 radical (unpaired) electrons. The van der Waals surface area contributed by atoms with E-state index >= 15 is 0 Å². The van der Waals surface area contributed by atoms with Gasteiger partial charge in [0.05, 0.1) is 34.3 Å². The average Bonchev–Trinajstić information content (AvgIpc) is 2.81. The van der Waals surface area contributed by atoms with Crippen LogP contribution in [0.3, 0.4) is 0 Å². The number of piperidine rings is 1. The molecule has 6 nitrogen and oxygen atoms in total. The highest BCUT2D eigenvalue weighted by molar-refractivity contribution is 5.93. The zero-order valence-electron chi connectivity index (χ0n) is 18.2.